The zero-order chi connectivity index (χ0) is 14.9. The monoisotopic (exact) mass is 346 g/mol. The average Bonchev–Trinajstić information content (AvgIpc) is 2.38. The summed E-state index contributed by atoms with van der Waals surface area (Å²) >= 11 is 22.8. The van der Waals surface area contributed by atoms with E-state index in [1.807, 2.05) is 0 Å². The highest BCUT2D eigenvalue weighted by Crippen LogP contribution is 2.32. The molecule has 20 heavy (non-hydrogen) atoms. The second kappa shape index (κ2) is 6.15. The van der Waals surface area contributed by atoms with Gasteiger partial charge in [0.25, 0.3) is 10.5 Å². The fourth-order valence-electron chi connectivity index (χ4n) is 1.83. The van der Waals surface area contributed by atoms with E-state index in [0.717, 1.165) is 0 Å². The van der Waals surface area contributed by atoms with Crippen molar-refractivity contribution in [2.45, 2.75) is 0 Å². The summed E-state index contributed by atoms with van der Waals surface area (Å²) in [7, 11) is 0. The van der Waals surface area contributed by atoms with Crippen molar-refractivity contribution >= 4 is 56.9 Å². The summed E-state index contributed by atoms with van der Waals surface area (Å²) in [4.78, 5) is 23.0. The zero-order valence-electron chi connectivity index (χ0n) is 9.79. The molecule has 0 saturated carbocycles. The molecule has 0 heterocycles. The molecule has 0 spiro atoms. The Morgan fingerprint density at radius 3 is 1.35 bits per heavy atom. The van der Waals surface area contributed by atoms with E-state index < -0.39 is 10.5 Å². The summed E-state index contributed by atoms with van der Waals surface area (Å²) in [5, 5.41) is -0.619. The first-order chi connectivity index (χ1) is 9.40. The maximum absolute atomic E-state index is 11.5. The van der Waals surface area contributed by atoms with Gasteiger partial charge in [-0.2, -0.15) is 0 Å². The molecule has 0 aliphatic carbocycles. The summed E-state index contributed by atoms with van der Waals surface area (Å²) in [6.07, 6.45) is 0. The molecule has 2 rings (SSSR count). The van der Waals surface area contributed by atoms with E-state index in [4.69, 9.17) is 46.4 Å². The standard InChI is InChI=1S/C14H6Cl4O2/c15-7-1-3-9(11(5-7)13(17)19)10-4-2-8(16)6-12(10)14(18)20/h1-6H. The van der Waals surface area contributed by atoms with Crippen molar-refractivity contribution in [3.63, 3.8) is 0 Å². The van der Waals surface area contributed by atoms with Crippen LogP contribution in [0.25, 0.3) is 11.1 Å². The molecule has 0 aromatic heterocycles. The highest BCUT2D eigenvalue weighted by molar-refractivity contribution is 6.69. The minimum Gasteiger partial charge on any atom is -0.276 e. The number of rotatable bonds is 3. The molecule has 2 aromatic rings. The summed E-state index contributed by atoms with van der Waals surface area (Å²) in [6, 6.07) is 9.26. The smallest absolute Gasteiger partial charge is 0.253 e. The number of carbonyl (C=O) groups excluding carboxylic acids is 2. The van der Waals surface area contributed by atoms with Crippen LogP contribution in [0.4, 0.5) is 0 Å². The second-order valence-electron chi connectivity index (χ2n) is 3.93. The topological polar surface area (TPSA) is 34.1 Å². The third-order valence-electron chi connectivity index (χ3n) is 2.68. The van der Waals surface area contributed by atoms with Gasteiger partial charge in [-0.15, -0.1) is 0 Å². The van der Waals surface area contributed by atoms with Gasteiger partial charge in [0.2, 0.25) is 0 Å². The van der Waals surface area contributed by atoms with E-state index in [0.29, 0.717) is 21.2 Å². The molecule has 0 fully saturated rings. The van der Waals surface area contributed by atoms with Gasteiger partial charge in [-0.25, -0.2) is 0 Å². The van der Waals surface area contributed by atoms with Gasteiger partial charge in [0, 0.05) is 21.2 Å². The Morgan fingerprint density at radius 1 is 0.700 bits per heavy atom. The van der Waals surface area contributed by atoms with E-state index in [1.54, 1.807) is 24.3 Å². The van der Waals surface area contributed by atoms with Crippen molar-refractivity contribution in [1.29, 1.82) is 0 Å². The largest absolute Gasteiger partial charge is 0.276 e. The number of benzene rings is 2. The predicted molar refractivity (Wildman–Crippen MR) is 82.3 cm³/mol. The summed E-state index contributed by atoms with van der Waals surface area (Å²) in [5.41, 5.74) is 1.33. The van der Waals surface area contributed by atoms with Gasteiger partial charge in [-0.1, -0.05) is 35.3 Å². The molecule has 0 bridgehead atoms. The first-order valence-corrected chi connectivity index (χ1v) is 6.90. The molecule has 6 heteroatoms. The van der Waals surface area contributed by atoms with Gasteiger partial charge >= 0.3 is 0 Å². The van der Waals surface area contributed by atoms with Crippen LogP contribution in [-0.4, -0.2) is 10.5 Å². The number of carbonyl (C=O) groups is 2. The number of halogens is 4. The average molecular weight is 348 g/mol. The Hall–Kier alpha value is -1.06. The zero-order valence-corrected chi connectivity index (χ0v) is 12.8. The molecule has 102 valence electrons. The molecular formula is C14H6Cl4O2. The molecule has 0 aliphatic rings. The van der Waals surface area contributed by atoms with Crippen molar-refractivity contribution in [3.8, 4) is 11.1 Å². The molecule has 2 nitrogen and oxygen atoms in total. The summed E-state index contributed by atoms with van der Waals surface area (Å²) in [6.45, 7) is 0. The van der Waals surface area contributed by atoms with E-state index in [-0.39, 0.29) is 11.1 Å². The van der Waals surface area contributed by atoms with Gasteiger partial charge < -0.3 is 0 Å². The first-order valence-electron chi connectivity index (χ1n) is 5.39. The lowest BCUT2D eigenvalue weighted by Gasteiger charge is -2.10. The third kappa shape index (κ3) is 3.15. The van der Waals surface area contributed by atoms with Crippen LogP contribution in [0.15, 0.2) is 36.4 Å². The van der Waals surface area contributed by atoms with E-state index in [9.17, 15) is 9.59 Å². The molecule has 0 saturated heterocycles. The van der Waals surface area contributed by atoms with Gasteiger partial charge in [-0.3, -0.25) is 9.59 Å². The predicted octanol–water partition coefficient (Wildman–Crippen LogP) is 5.42. The van der Waals surface area contributed by atoms with Gasteiger partial charge in [-0.05, 0) is 58.6 Å². The van der Waals surface area contributed by atoms with E-state index in [2.05, 4.69) is 0 Å². The lowest BCUT2D eigenvalue weighted by atomic mass is 9.96. The van der Waals surface area contributed by atoms with E-state index in [1.165, 1.54) is 12.1 Å². The van der Waals surface area contributed by atoms with Crippen LogP contribution >= 0.6 is 46.4 Å². The second-order valence-corrected chi connectivity index (χ2v) is 5.49. The molecule has 0 aliphatic heterocycles. The van der Waals surface area contributed by atoms with Crippen LogP contribution in [-0.2, 0) is 0 Å². The van der Waals surface area contributed by atoms with Gasteiger partial charge in [0.1, 0.15) is 0 Å². The molecule has 0 amide bonds. The Morgan fingerprint density at radius 2 is 1.05 bits per heavy atom. The van der Waals surface area contributed by atoms with Gasteiger partial charge in [0.05, 0.1) is 0 Å². The quantitative estimate of drug-likeness (QED) is 0.695. The van der Waals surface area contributed by atoms with Crippen molar-refractivity contribution in [3.05, 3.63) is 57.6 Å². The minimum atomic E-state index is -0.676. The highest BCUT2D eigenvalue weighted by atomic mass is 35.5. The van der Waals surface area contributed by atoms with Crippen LogP contribution < -0.4 is 0 Å². The highest BCUT2D eigenvalue weighted by Gasteiger charge is 2.17. The van der Waals surface area contributed by atoms with Crippen LogP contribution in [0, 0.1) is 0 Å². The molecule has 0 radical (unpaired) electrons. The van der Waals surface area contributed by atoms with Crippen LogP contribution in [0.3, 0.4) is 0 Å². The van der Waals surface area contributed by atoms with Crippen molar-refractivity contribution in [2.24, 2.45) is 0 Å². The fourth-order valence-corrected chi connectivity index (χ4v) is 2.48. The Balaban J connectivity index is 2.75. The number of hydrogen-bond donors (Lipinski definition) is 0. The number of hydrogen-bond acceptors (Lipinski definition) is 2. The first kappa shape index (κ1) is 15.3. The fraction of sp³-hybridized carbons (Fsp3) is 0. The van der Waals surface area contributed by atoms with Crippen molar-refractivity contribution < 1.29 is 9.59 Å². The lowest BCUT2D eigenvalue weighted by molar-refractivity contribution is 0.107. The minimum absolute atomic E-state index is 0.195. The molecule has 0 N–H and O–H groups in total. The third-order valence-corrected chi connectivity index (χ3v) is 3.55. The summed E-state index contributed by atoms with van der Waals surface area (Å²) in [5.74, 6) is 0. The Labute approximate surface area is 135 Å². The van der Waals surface area contributed by atoms with Crippen molar-refractivity contribution in [1.82, 2.24) is 0 Å². The van der Waals surface area contributed by atoms with Crippen molar-refractivity contribution in [2.75, 3.05) is 0 Å². The Kier molecular flexibility index (Phi) is 4.71. The molecular weight excluding hydrogens is 342 g/mol. The lowest BCUT2D eigenvalue weighted by Crippen LogP contribution is -1.99. The molecule has 0 atom stereocenters. The van der Waals surface area contributed by atoms with Gasteiger partial charge in [0.15, 0.2) is 0 Å². The Bertz CT molecular complexity index is 649. The SMILES string of the molecule is O=C(Cl)c1cc(Cl)ccc1-c1ccc(Cl)cc1C(=O)Cl. The van der Waals surface area contributed by atoms with Crippen LogP contribution in [0.5, 0.6) is 0 Å². The summed E-state index contributed by atoms with van der Waals surface area (Å²) < 4.78 is 0. The maximum Gasteiger partial charge on any atom is 0.253 e. The normalized spacial score (nSPS) is 10.4. The van der Waals surface area contributed by atoms with Crippen LogP contribution in [0.1, 0.15) is 20.7 Å². The van der Waals surface area contributed by atoms with Crippen LogP contribution in [0.2, 0.25) is 10.0 Å². The molecule has 2 aromatic carbocycles. The van der Waals surface area contributed by atoms with E-state index >= 15 is 0 Å². The maximum atomic E-state index is 11.5. The molecule has 0 unspecified atom stereocenters.